The normalized spacial score (nSPS) is 10.7. The molecule has 0 spiro atoms. The molecule has 0 aliphatic rings. The highest BCUT2D eigenvalue weighted by Crippen LogP contribution is 2.30. The minimum Gasteiger partial charge on any atom is -0.361 e. The number of rotatable bonds is 0. The number of benzene rings is 1. The number of hydrogen-bond donors (Lipinski definition) is 1. The van der Waals surface area contributed by atoms with Gasteiger partial charge in [-0.05, 0) is 110 Å². The van der Waals surface area contributed by atoms with Gasteiger partial charge in [0.05, 0.1) is 11.4 Å². The summed E-state index contributed by atoms with van der Waals surface area (Å²) in [5.74, 6) is 1.09. The average Bonchev–Trinajstić information content (AvgIpc) is 3.32. The van der Waals surface area contributed by atoms with Crippen molar-refractivity contribution in [1.29, 1.82) is 0 Å². The monoisotopic (exact) mass is 435 g/mol. The first kappa shape index (κ1) is 25.4. The van der Waals surface area contributed by atoms with E-state index in [1.165, 1.54) is 55.7 Å². The van der Waals surface area contributed by atoms with Gasteiger partial charge in [-0.15, -0.1) is 0 Å². The lowest BCUT2D eigenvalue weighted by Crippen LogP contribution is -1.93. The summed E-state index contributed by atoms with van der Waals surface area (Å²) in [6.45, 7) is 23.3. The second-order valence-corrected chi connectivity index (χ2v) is 9.03. The van der Waals surface area contributed by atoms with Crippen molar-refractivity contribution >= 4 is 10.9 Å². The van der Waals surface area contributed by atoms with Gasteiger partial charge < -0.3 is 9.55 Å². The lowest BCUT2D eigenvalue weighted by atomic mass is 9.94. The summed E-state index contributed by atoms with van der Waals surface area (Å²) >= 11 is 0. The van der Waals surface area contributed by atoms with E-state index in [9.17, 15) is 0 Å². The predicted molar refractivity (Wildman–Crippen MR) is 137 cm³/mol. The van der Waals surface area contributed by atoms with Crippen LogP contribution < -0.4 is 0 Å². The Hall–Kier alpha value is -2.82. The number of nitrogens with one attached hydrogen (secondary N) is 1. The molecule has 0 unspecified atom stereocenters. The van der Waals surface area contributed by atoms with E-state index in [2.05, 4.69) is 81.2 Å². The number of imidazole rings is 1. The Morgan fingerprint density at radius 3 is 1.56 bits per heavy atom. The van der Waals surface area contributed by atoms with Crippen LogP contribution in [0, 0.1) is 76.2 Å². The molecule has 0 saturated heterocycles. The molecule has 5 nitrogen and oxygen atoms in total. The fraction of sp³-hybridized carbons (Fsp3) is 0.481. The highest BCUT2D eigenvalue weighted by atomic mass is 15.3. The van der Waals surface area contributed by atoms with Gasteiger partial charge in [0.2, 0.25) is 0 Å². The van der Waals surface area contributed by atoms with Crippen LogP contribution in [0.3, 0.4) is 0 Å². The summed E-state index contributed by atoms with van der Waals surface area (Å²) in [5, 5.41) is 5.63. The standard InChI is InChI=1S/C13H17N.2C7H12N2/c1-7-6-14-13-11(5)9(3)8(2)10(4)12(7)13;1-5-6(2)9(4)7(3)8-5;1-5-6(2)8-9(4)7(5)3/h6,14H,1-5H3;2*1-4H3. The largest absolute Gasteiger partial charge is 0.361 e. The molecule has 3 aromatic heterocycles. The average molecular weight is 436 g/mol. The van der Waals surface area contributed by atoms with Gasteiger partial charge in [0.25, 0.3) is 0 Å². The minimum absolute atomic E-state index is 1.09. The Bertz CT molecular complexity index is 1150. The molecule has 0 atom stereocenters. The molecule has 0 aliphatic carbocycles. The summed E-state index contributed by atoms with van der Waals surface area (Å²) < 4.78 is 4.00. The SMILES string of the molecule is Cc1c(C)c(C)c2c(C)c[nH]c2c1C.Cc1nc(C)n(C)c1C.Cc1nn(C)c(C)c1C. The van der Waals surface area contributed by atoms with Gasteiger partial charge in [-0.25, -0.2) is 4.98 Å². The van der Waals surface area contributed by atoms with Crippen LogP contribution >= 0.6 is 0 Å². The summed E-state index contributed by atoms with van der Waals surface area (Å²) in [5.41, 5.74) is 14.4. The molecule has 0 bridgehead atoms. The molecule has 32 heavy (non-hydrogen) atoms. The van der Waals surface area contributed by atoms with Crippen LogP contribution in [0.25, 0.3) is 10.9 Å². The minimum atomic E-state index is 1.09. The van der Waals surface area contributed by atoms with Crippen molar-refractivity contribution in [1.82, 2.24) is 24.3 Å². The predicted octanol–water partition coefficient (Wildman–Crippen LogP) is 6.40. The highest BCUT2D eigenvalue weighted by molar-refractivity contribution is 5.90. The van der Waals surface area contributed by atoms with Crippen molar-refractivity contribution < 1.29 is 0 Å². The van der Waals surface area contributed by atoms with Gasteiger partial charge in [0, 0.05) is 42.6 Å². The Labute approximate surface area is 193 Å². The van der Waals surface area contributed by atoms with Gasteiger partial charge in [0.1, 0.15) is 5.82 Å². The van der Waals surface area contributed by atoms with Crippen molar-refractivity contribution in [2.24, 2.45) is 14.1 Å². The molecule has 174 valence electrons. The molecule has 0 amide bonds. The van der Waals surface area contributed by atoms with Crippen LogP contribution in [0.5, 0.6) is 0 Å². The Kier molecular flexibility index (Phi) is 7.76. The van der Waals surface area contributed by atoms with Crippen LogP contribution in [0.1, 0.15) is 62.0 Å². The second kappa shape index (κ2) is 9.76. The maximum Gasteiger partial charge on any atom is 0.105 e. The number of nitrogens with zero attached hydrogens (tertiary/aromatic N) is 4. The summed E-state index contributed by atoms with van der Waals surface area (Å²) in [4.78, 5) is 7.64. The summed E-state index contributed by atoms with van der Waals surface area (Å²) in [7, 11) is 4.00. The molecule has 0 radical (unpaired) electrons. The van der Waals surface area contributed by atoms with Crippen LogP contribution in [-0.2, 0) is 14.1 Å². The molecule has 0 aliphatic heterocycles. The zero-order valence-corrected chi connectivity index (χ0v) is 22.4. The van der Waals surface area contributed by atoms with Crippen molar-refractivity contribution in [3.05, 3.63) is 68.2 Å². The number of aromatic nitrogens is 5. The molecule has 3 heterocycles. The third-order valence-corrected chi connectivity index (χ3v) is 7.23. The smallest absolute Gasteiger partial charge is 0.105 e. The molecule has 5 heteroatoms. The van der Waals surface area contributed by atoms with Gasteiger partial charge >= 0.3 is 0 Å². The number of aromatic amines is 1. The van der Waals surface area contributed by atoms with E-state index >= 15 is 0 Å². The van der Waals surface area contributed by atoms with E-state index < -0.39 is 0 Å². The Morgan fingerprint density at radius 1 is 0.656 bits per heavy atom. The van der Waals surface area contributed by atoms with E-state index in [0.717, 1.165) is 17.2 Å². The Balaban J connectivity index is 0.000000178. The number of hydrogen-bond acceptors (Lipinski definition) is 2. The zero-order chi connectivity index (χ0) is 24.5. The van der Waals surface area contributed by atoms with Gasteiger partial charge in [-0.1, -0.05) is 0 Å². The van der Waals surface area contributed by atoms with E-state index in [4.69, 9.17) is 0 Å². The molecule has 4 aromatic rings. The van der Waals surface area contributed by atoms with E-state index in [1.807, 2.05) is 39.5 Å². The van der Waals surface area contributed by atoms with Crippen molar-refractivity contribution in [2.75, 3.05) is 0 Å². The molecular formula is C27H41N5. The van der Waals surface area contributed by atoms with Gasteiger partial charge in [-0.3, -0.25) is 4.68 Å². The quantitative estimate of drug-likeness (QED) is 0.347. The van der Waals surface area contributed by atoms with Crippen LogP contribution in [0.4, 0.5) is 0 Å². The molecule has 1 N–H and O–H groups in total. The Morgan fingerprint density at radius 2 is 1.22 bits per heavy atom. The third kappa shape index (κ3) is 4.82. The molecule has 1 aromatic carbocycles. The van der Waals surface area contributed by atoms with Crippen molar-refractivity contribution in [3.8, 4) is 0 Å². The van der Waals surface area contributed by atoms with Crippen LogP contribution in [-0.4, -0.2) is 24.3 Å². The summed E-state index contributed by atoms with van der Waals surface area (Å²) in [6.07, 6.45) is 2.10. The molecule has 0 saturated carbocycles. The van der Waals surface area contributed by atoms with E-state index in [0.29, 0.717) is 0 Å². The zero-order valence-electron chi connectivity index (χ0n) is 22.4. The first-order valence-corrected chi connectivity index (χ1v) is 11.3. The van der Waals surface area contributed by atoms with Gasteiger partial charge in [-0.2, -0.15) is 5.10 Å². The highest BCUT2D eigenvalue weighted by Gasteiger charge is 2.11. The third-order valence-electron chi connectivity index (χ3n) is 7.23. The molecular weight excluding hydrogens is 394 g/mol. The van der Waals surface area contributed by atoms with Crippen molar-refractivity contribution in [2.45, 2.75) is 76.2 Å². The lowest BCUT2D eigenvalue weighted by Gasteiger charge is -2.11. The van der Waals surface area contributed by atoms with E-state index in [1.54, 1.807) is 0 Å². The number of aryl methyl sites for hydroxylation is 7. The first-order chi connectivity index (χ1) is 14.8. The lowest BCUT2D eigenvalue weighted by molar-refractivity contribution is 0.730. The van der Waals surface area contributed by atoms with Crippen molar-refractivity contribution in [3.63, 3.8) is 0 Å². The fourth-order valence-corrected chi connectivity index (χ4v) is 4.00. The molecule has 4 rings (SSSR count). The maximum absolute atomic E-state index is 4.27. The first-order valence-electron chi connectivity index (χ1n) is 11.3. The number of fused-ring (bicyclic) bond motifs is 1. The van der Waals surface area contributed by atoms with Gasteiger partial charge in [0.15, 0.2) is 0 Å². The fourth-order valence-electron chi connectivity index (χ4n) is 4.00. The number of H-pyrrole nitrogens is 1. The maximum atomic E-state index is 4.27. The summed E-state index contributed by atoms with van der Waals surface area (Å²) in [6, 6.07) is 0. The van der Waals surface area contributed by atoms with E-state index in [-0.39, 0.29) is 0 Å². The molecule has 0 fully saturated rings. The topological polar surface area (TPSA) is 51.4 Å². The van der Waals surface area contributed by atoms with Crippen LogP contribution in [0.15, 0.2) is 6.20 Å². The second-order valence-electron chi connectivity index (χ2n) is 9.03. The van der Waals surface area contributed by atoms with Crippen LogP contribution in [0.2, 0.25) is 0 Å².